The zero-order valence-corrected chi connectivity index (χ0v) is 11.3. The Morgan fingerprint density at radius 1 is 1.50 bits per heavy atom. The molecule has 0 atom stereocenters. The normalized spacial score (nSPS) is 10.5. The molecule has 0 aliphatic rings. The molecule has 0 aliphatic carbocycles. The molecule has 0 amide bonds. The van der Waals surface area contributed by atoms with E-state index < -0.39 is 4.92 Å². The van der Waals surface area contributed by atoms with Crippen LogP contribution in [0.4, 0.5) is 11.5 Å². The zero-order chi connectivity index (χ0) is 14.7. The number of hydrogen-bond donors (Lipinski definition) is 3. The largest absolute Gasteiger partial charge is 0.508 e. The van der Waals surface area contributed by atoms with Gasteiger partial charge in [-0.05, 0) is 25.5 Å². The van der Waals surface area contributed by atoms with Gasteiger partial charge in [0.05, 0.1) is 10.5 Å². The fraction of sp³-hybridized carbons (Fsp3) is 0.308. The van der Waals surface area contributed by atoms with E-state index in [2.05, 4.69) is 15.5 Å². The summed E-state index contributed by atoms with van der Waals surface area (Å²) in [7, 11) is 0. The summed E-state index contributed by atoms with van der Waals surface area (Å²) in [5, 5.41) is 30.5. The van der Waals surface area contributed by atoms with Gasteiger partial charge in [-0.15, -0.1) is 0 Å². The van der Waals surface area contributed by atoms with Crippen LogP contribution >= 0.6 is 0 Å². The van der Waals surface area contributed by atoms with Crippen molar-refractivity contribution in [2.75, 3.05) is 5.32 Å². The van der Waals surface area contributed by atoms with E-state index in [0.29, 0.717) is 11.4 Å². The third kappa shape index (κ3) is 2.71. The van der Waals surface area contributed by atoms with Crippen molar-refractivity contribution >= 4 is 11.5 Å². The lowest BCUT2D eigenvalue weighted by molar-refractivity contribution is -0.385. The average molecular weight is 276 g/mol. The van der Waals surface area contributed by atoms with Crippen LogP contribution in [0, 0.1) is 17.0 Å². The van der Waals surface area contributed by atoms with Gasteiger partial charge >= 0.3 is 0 Å². The van der Waals surface area contributed by atoms with Crippen molar-refractivity contribution in [3.05, 3.63) is 45.1 Å². The van der Waals surface area contributed by atoms with Gasteiger partial charge in [-0.3, -0.25) is 15.2 Å². The van der Waals surface area contributed by atoms with Crippen molar-refractivity contribution in [2.24, 2.45) is 0 Å². The third-order valence-corrected chi connectivity index (χ3v) is 3.17. The molecule has 0 spiro atoms. The maximum atomic E-state index is 10.9. The second kappa shape index (κ2) is 5.60. The molecule has 2 rings (SSSR count). The molecule has 1 aromatic heterocycles. The second-order valence-electron chi connectivity index (χ2n) is 4.45. The summed E-state index contributed by atoms with van der Waals surface area (Å²) >= 11 is 0. The molecule has 0 saturated carbocycles. The summed E-state index contributed by atoms with van der Waals surface area (Å²) in [6, 6.07) is 3.98. The number of phenolic OH excluding ortho intramolecular Hbond substituents is 1. The van der Waals surface area contributed by atoms with Crippen molar-refractivity contribution in [3.63, 3.8) is 0 Å². The Morgan fingerprint density at radius 3 is 2.85 bits per heavy atom. The minimum atomic E-state index is -0.467. The highest BCUT2D eigenvalue weighted by atomic mass is 16.6. The van der Waals surface area contributed by atoms with E-state index in [4.69, 9.17) is 0 Å². The maximum absolute atomic E-state index is 10.9. The number of anilines is 1. The van der Waals surface area contributed by atoms with Gasteiger partial charge in [0, 0.05) is 23.9 Å². The number of aryl methyl sites for hydroxylation is 1. The van der Waals surface area contributed by atoms with Crippen LogP contribution in [-0.4, -0.2) is 20.2 Å². The third-order valence-electron chi connectivity index (χ3n) is 3.17. The Labute approximate surface area is 115 Å². The number of rotatable bonds is 5. The van der Waals surface area contributed by atoms with Crippen LogP contribution in [0.1, 0.15) is 23.7 Å². The van der Waals surface area contributed by atoms with Gasteiger partial charge in [0.15, 0.2) is 5.82 Å². The highest BCUT2D eigenvalue weighted by molar-refractivity contribution is 5.50. The Hall–Kier alpha value is -2.57. The fourth-order valence-electron chi connectivity index (χ4n) is 2.02. The Morgan fingerprint density at radius 2 is 2.25 bits per heavy atom. The number of hydrogen-bond acceptors (Lipinski definition) is 5. The molecular formula is C13H16N4O3. The van der Waals surface area contributed by atoms with E-state index in [9.17, 15) is 15.2 Å². The van der Waals surface area contributed by atoms with E-state index in [1.165, 1.54) is 18.2 Å². The average Bonchev–Trinajstić information content (AvgIpc) is 2.76. The molecule has 0 fully saturated rings. The Bertz CT molecular complexity index is 637. The molecule has 1 heterocycles. The van der Waals surface area contributed by atoms with E-state index in [1.54, 1.807) is 0 Å². The van der Waals surface area contributed by atoms with Crippen LogP contribution in [0.25, 0.3) is 0 Å². The molecule has 3 N–H and O–H groups in total. The van der Waals surface area contributed by atoms with Crippen molar-refractivity contribution < 1.29 is 10.0 Å². The van der Waals surface area contributed by atoms with Crippen molar-refractivity contribution in [2.45, 2.75) is 26.8 Å². The first-order valence-electron chi connectivity index (χ1n) is 6.27. The van der Waals surface area contributed by atoms with E-state index in [1.807, 2.05) is 13.8 Å². The number of benzene rings is 1. The first-order valence-corrected chi connectivity index (χ1v) is 6.27. The van der Waals surface area contributed by atoms with Gasteiger partial charge in [0.25, 0.3) is 5.69 Å². The molecule has 7 heteroatoms. The van der Waals surface area contributed by atoms with Crippen LogP contribution < -0.4 is 5.32 Å². The monoisotopic (exact) mass is 276 g/mol. The van der Waals surface area contributed by atoms with E-state index in [0.717, 1.165) is 17.7 Å². The lowest BCUT2D eigenvalue weighted by atomic mass is 10.1. The number of nitro groups is 1. The van der Waals surface area contributed by atoms with Crippen LogP contribution in [0.3, 0.4) is 0 Å². The van der Waals surface area contributed by atoms with Gasteiger partial charge in [0.2, 0.25) is 0 Å². The van der Waals surface area contributed by atoms with Gasteiger partial charge < -0.3 is 10.4 Å². The Kier molecular flexibility index (Phi) is 3.88. The summed E-state index contributed by atoms with van der Waals surface area (Å²) in [6.45, 7) is 4.17. The standard InChI is InChI=1S/C13H16N4O3/c1-3-11-8(2)13(16-15-11)14-7-9-6-10(18)4-5-12(9)17(19)20/h4-6,18H,3,7H2,1-2H3,(H2,14,15,16). The summed E-state index contributed by atoms with van der Waals surface area (Å²) in [4.78, 5) is 10.5. The number of aromatic hydroxyl groups is 1. The minimum absolute atomic E-state index is 0.000368. The van der Waals surface area contributed by atoms with Gasteiger partial charge in [0.1, 0.15) is 5.75 Å². The molecule has 20 heavy (non-hydrogen) atoms. The molecule has 1 aromatic carbocycles. The summed E-state index contributed by atoms with van der Waals surface area (Å²) < 4.78 is 0. The molecule has 106 valence electrons. The number of nitrogens with zero attached hydrogens (tertiary/aromatic N) is 2. The Balaban J connectivity index is 2.20. The minimum Gasteiger partial charge on any atom is -0.508 e. The molecule has 0 saturated heterocycles. The van der Waals surface area contributed by atoms with E-state index in [-0.39, 0.29) is 18.0 Å². The SMILES string of the molecule is CCc1[nH]nc(NCc2cc(O)ccc2[N+](=O)[O-])c1C. The first-order chi connectivity index (χ1) is 9.52. The first kappa shape index (κ1) is 13.9. The number of nitro benzene ring substituents is 1. The molecule has 0 bridgehead atoms. The van der Waals surface area contributed by atoms with Crippen LogP contribution in [0.15, 0.2) is 18.2 Å². The zero-order valence-electron chi connectivity index (χ0n) is 11.3. The van der Waals surface area contributed by atoms with Crippen LogP contribution in [0.5, 0.6) is 5.75 Å². The van der Waals surface area contributed by atoms with Crippen LogP contribution in [0.2, 0.25) is 0 Å². The quantitative estimate of drug-likeness (QED) is 0.575. The smallest absolute Gasteiger partial charge is 0.274 e. The molecule has 7 nitrogen and oxygen atoms in total. The van der Waals surface area contributed by atoms with Crippen LogP contribution in [-0.2, 0) is 13.0 Å². The molecule has 2 aromatic rings. The lowest BCUT2D eigenvalue weighted by Crippen LogP contribution is -2.04. The number of aromatic amines is 1. The fourth-order valence-corrected chi connectivity index (χ4v) is 2.02. The van der Waals surface area contributed by atoms with Crippen molar-refractivity contribution in [1.29, 1.82) is 0 Å². The number of aromatic nitrogens is 2. The highest BCUT2D eigenvalue weighted by Gasteiger charge is 2.15. The summed E-state index contributed by atoms with van der Waals surface area (Å²) in [5.41, 5.74) is 2.41. The van der Waals surface area contributed by atoms with Crippen molar-refractivity contribution in [3.8, 4) is 5.75 Å². The molecule has 0 unspecified atom stereocenters. The number of phenols is 1. The molecule has 0 radical (unpaired) electrons. The van der Waals surface area contributed by atoms with Crippen molar-refractivity contribution in [1.82, 2.24) is 10.2 Å². The summed E-state index contributed by atoms with van der Waals surface area (Å²) in [6.07, 6.45) is 0.840. The van der Waals surface area contributed by atoms with E-state index >= 15 is 0 Å². The predicted molar refractivity (Wildman–Crippen MR) is 74.8 cm³/mol. The van der Waals surface area contributed by atoms with Gasteiger partial charge in [-0.1, -0.05) is 6.92 Å². The topological polar surface area (TPSA) is 104 Å². The number of nitrogens with one attached hydrogen (secondary N) is 2. The highest BCUT2D eigenvalue weighted by Crippen LogP contribution is 2.25. The number of H-pyrrole nitrogens is 1. The molecular weight excluding hydrogens is 260 g/mol. The second-order valence-corrected chi connectivity index (χ2v) is 4.45. The lowest BCUT2D eigenvalue weighted by Gasteiger charge is -2.06. The maximum Gasteiger partial charge on any atom is 0.274 e. The van der Waals surface area contributed by atoms with Gasteiger partial charge in [-0.25, -0.2) is 0 Å². The predicted octanol–water partition coefficient (Wildman–Crippen LogP) is 2.51. The van der Waals surface area contributed by atoms with Gasteiger partial charge in [-0.2, -0.15) is 5.10 Å². The molecule has 0 aliphatic heterocycles. The summed E-state index contributed by atoms with van der Waals surface area (Å²) in [5.74, 6) is 0.667.